The molecule has 0 unspecified atom stereocenters. The average molecular weight is 352 g/mol. The predicted molar refractivity (Wildman–Crippen MR) is 78.7 cm³/mol. The van der Waals surface area contributed by atoms with Gasteiger partial charge in [0.15, 0.2) is 0 Å². The molecule has 21 heavy (non-hydrogen) atoms. The van der Waals surface area contributed by atoms with Crippen molar-refractivity contribution in [3.8, 4) is 0 Å². The maximum Gasteiger partial charge on any atom is 0.250 e. The Morgan fingerprint density at radius 2 is 2.00 bits per heavy atom. The lowest BCUT2D eigenvalue weighted by Crippen LogP contribution is -2.50. The lowest BCUT2D eigenvalue weighted by atomic mass is 10.3. The molecule has 1 aliphatic heterocycles. The number of piperazine rings is 1. The van der Waals surface area contributed by atoms with Crippen LogP contribution in [0.4, 0.5) is 0 Å². The van der Waals surface area contributed by atoms with Crippen molar-refractivity contribution in [1.82, 2.24) is 14.5 Å². The molecule has 0 radical (unpaired) electrons. The van der Waals surface area contributed by atoms with Crippen LogP contribution >= 0.6 is 22.9 Å². The molecule has 2 heterocycles. The second-order valence-corrected chi connectivity index (χ2v) is 8.11. The molecule has 1 fully saturated rings. The van der Waals surface area contributed by atoms with Gasteiger partial charge in [0.1, 0.15) is 4.21 Å². The third kappa shape index (κ3) is 4.16. The average Bonchev–Trinajstić information content (AvgIpc) is 2.92. The summed E-state index contributed by atoms with van der Waals surface area (Å²) in [7, 11) is -3.72. The van der Waals surface area contributed by atoms with Gasteiger partial charge in [-0.05, 0) is 12.1 Å². The van der Waals surface area contributed by atoms with Gasteiger partial charge < -0.3 is 9.80 Å². The minimum Gasteiger partial charge on any atom is -0.342 e. The molecule has 0 atom stereocenters. The summed E-state index contributed by atoms with van der Waals surface area (Å²) in [5.74, 6) is -0.313. The van der Waals surface area contributed by atoms with E-state index >= 15 is 0 Å². The van der Waals surface area contributed by atoms with Crippen molar-refractivity contribution in [1.29, 1.82) is 0 Å². The Hall–Kier alpha value is -1.16. The molecule has 0 aliphatic carbocycles. The van der Waals surface area contributed by atoms with E-state index in [9.17, 15) is 18.0 Å². The van der Waals surface area contributed by atoms with Crippen molar-refractivity contribution < 1.29 is 18.0 Å². The van der Waals surface area contributed by atoms with Crippen LogP contribution in [0, 0.1) is 0 Å². The zero-order chi connectivity index (χ0) is 15.5. The summed E-state index contributed by atoms with van der Waals surface area (Å²) in [5.41, 5.74) is 0. The van der Waals surface area contributed by atoms with E-state index in [-0.39, 0.29) is 16.7 Å². The van der Waals surface area contributed by atoms with Gasteiger partial charge in [-0.1, -0.05) is 11.6 Å². The molecule has 7 nitrogen and oxygen atoms in total. The third-order valence-electron chi connectivity index (χ3n) is 3.04. The van der Waals surface area contributed by atoms with E-state index in [1.165, 1.54) is 17.0 Å². The molecule has 1 aliphatic rings. The monoisotopic (exact) mass is 351 g/mol. The molecule has 10 heteroatoms. The molecule has 2 amide bonds. The van der Waals surface area contributed by atoms with Crippen molar-refractivity contribution in [2.75, 3.05) is 32.7 Å². The Labute approximate surface area is 131 Å². The number of hydrogen-bond acceptors (Lipinski definition) is 5. The van der Waals surface area contributed by atoms with Gasteiger partial charge in [0.2, 0.25) is 12.3 Å². The second kappa shape index (κ2) is 6.73. The molecule has 1 N–H and O–H groups in total. The highest BCUT2D eigenvalue weighted by atomic mass is 35.5. The fraction of sp³-hybridized carbons (Fsp3) is 0.455. The Morgan fingerprint density at radius 3 is 2.52 bits per heavy atom. The predicted octanol–water partition coefficient (Wildman–Crippen LogP) is -0.0196. The van der Waals surface area contributed by atoms with E-state index in [0.29, 0.717) is 30.5 Å². The van der Waals surface area contributed by atoms with Crippen LogP contribution in [0.25, 0.3) is 0 Å². The van der Waals surface area contributed by atoms with Crippen LogP contribution < -0.4 is 4.72 Å². The van der Waals surface area contributed by atoms with Crippen LogP contribution in [-0.4, -0.2) is 63.3 Å². The molecule has 0 spiro atoms. The molecule has 0 aromatic carbocycles. The zero-order valence-corrected chi connectivity index (χ0v) is 13.4. The second-order valence-electron chi connectivity index (χ2n) is 4.41. The number of carbonyl (C=O) groups excluding carboxylic acids is 2. The van der Waals surface area contributed by atoms with Crippen molar-refractivity contribution in [2.24, 2.45) is 0 Å². The largest absolute Gasteiger partial charge is 0.342 e. The lowest BCUT2D eigenvalue weighted by Gasteiger charge is -2.32. The van der Waals surface area contributed by atoms with Gasteiger partial charge in [-0.15, -0.1) is 11.3 Å². The fourth-order valence-electron chi connectivity index (χ4n) is 1.86. The van der Waals surface area contributed by atoms with Crippen LogP contribution in [0.5, 0.6) is 0 Å². The van der Waals surface area contributed by atoms with E-state index in [1.807, 2.05) is 0 Å². The summed E-state index contributed by atoms with van der Waals surface area (Å²) in [5, 5.41) is 0. The van der Waals surface area contributed by atoms with Gasteiger partial charge in [-0.2, -0.15) is 0 Å². The van der Waals surface area contributed by atoms with Gasteiger partial charge in [-0.3, -0.25) is 9.59 Å². The van der Waals surface area contributed by atoms with E-state index in [2.05, 4.69) is 4.72 Å². The smallest absolute Gasteiger partial charge is 0.250 e. The molecule has 116 valence electrons. The summed E-state index contributed by atoms with van der Waals surface area (Å²) >= 11 is 6.63. The van der Waals surface area contributed by atoms with Crippen LogP contribution in [0.2, 0.25) is 4.34 Å². The topological polar surface area (TPSA) is 86.8 Å². The van der Waals surface area contributed by atoms with Crippen LogP contribution in [0.3, 0.4) is 0 Å². The molecular weight excluding hydrogens is 338 g/mol. The SMILES string of the molecule is O=CN1CCN(C(=O)CNS(=O)(=O)c2ccc(Cl)s2)CC1. The molecule has 0 saturated carbocycles. The first-order valence-electron chi connectivity index (χ1n) is 6.14. The van der Waals surface area contributed by atoms with E-state index in [0.717, 1.165) is 17.7 Å². The quantitative estimate of drug-likeness (QED) is 0.755. The minimum atomic E-state index is -3.72. The molecule has 1 aromatic rings. The maximum absolute atomic E-state index is 11.9. The number of nitrogens with one attached hydrogen (secondary N) is 1. The minimum absolute atomic E-state index is 0.0751. The molecular formula is C11H14ClN3O4S2. The summed E-state index contributed by atoms with van der Waals surface area (Å²) in [6.45, 7) is 1.43. The first kappa shape index (κ1) is 16.2. The van der Waals surface area contributed by atoms with Gasteiger partial charge in [-0.25, -0.2) is 13.1 Å². The number of thiophene rings is 1. The van der Waals surface area contributed by atoms with Crippen molar-refractivity contribution in [3.05, 3.63) is 16.5 Å². The first-order chi connectivity index (χ1) is 9.92. The Morgan fingerprint density at radius 1 is 1.33 bits per heavy atom. The summed E-state index contributed by atoms with van der Waals surface area (Å²) in [6, 6.07) is 2.88. The van der Waals surface area contributed by atoms with Gasteiger partial charge in [0, 0.05) is 26.2 Å². The van der Waals surface area contributed by atoms with E-state index in [4.69, 9.17) is 11.6 Å². The molecule has 1 aromatic heterocycles. The van der Waals surface area contributed by atoms with E-state index in [1.54, 1.807) is 4.90 Å². The molecule has 2 rings (SSSR count). The van der Waals surface area contributed by atoms with Gasteiger partial charge >= 0.3 is 0 Å². The lowest BCUT2D eigenvalue weighted by molar-refractivity contribution is -0.134. The van der Waals surface area contributed by atoms with Crippen LogP contribution in [0.1, 0.15) is 0 Å². The Kier molecular flexibility index (Phi) is 5.20. The number of carbonyl (C=O) groups is 2. The number of nitrogens with zero attached hydrogens (tertiary/aromatic N) is 2. The van der Waals surface area contributed by atoms with Crippen molar-refractivity contribution in [2.45, 2.75) is 4.21 Å². The van der Waals surface area contributed by atoms with Crippen LogP contribution in [0.15, 0.2) is 16.3 Å². The maximum atomic E-state index is 11.9. The Bertz CT molecular complexity index is 623. The summed E-state index contributed by atoms with van der Waals surface area (Å²) in [6.07, 6.45) is 0.741. The number of halogens is 1. The van der Waals surface area contributed by atoms with Crippen LogP contribution in [-0.2, 0) is 19.6 Å². The standard InChI is InChI=1S/C11H14ClN3O4S2/c12-9-1-2-11(20-9)21(18,19)13-7-10(17)15-5-3-14(8-16)4-6-15/h1-2,8,13H,3-7H2. The molecule has 0 bridgehead atoms. The molecule has 1 saturated heterocycles. The summed E-state index contributed by atoms with van der Waals surface area (Å²) in [4.78, 5) is 25.6. The Balaban J connectivity index is 1.88. The fourth-order valence-corrected chi connectivity index (χ4v) is 4.36. The number of amides is 2. The highest BCUT2D eigenvalue weighted by molar-refractivity contribution is 7.91. The van der Waals surface area contributed by atoms with E-state index < -0.39 is 10.0 Å². The normalized spacial score (nSPS) is 16.0. The zero-order valence-electron chi connectivity index (χ0n) is 11.0. The highest BCUT2D eigenvalue weighted by Gasteiger charge is 2.23. The highest BCUT2D eigenvalue weighted by Crippen LogP contribution is 2.25. The van der Waals surface area contributed by atoms with Crippen molar-refractivity contribution in [3.63, 3.8) is 0 Å². The van der Waals surface area contributed by atoms with Gasteiger partial charge in [0.05, 0.1) is 10.9 Å². The van der Waals surface area contributed by atoms with Gasteiger partial charge in [0.25, 0.3) is 10.0 Å². The number of rotatable bonds is 5. The van der Waals surface area contributed by atoms with Crippen molar-refractivity contribution >= 4 is 45.3 Å². The number of hydrogen-bond donors (Lipinski definition) is 1. The summed E-state index contributed by atoms with van der Waals surface area (Å²) < 4.78 is 26.6. The first-order valence-corrected chi connectivity index (χ1v) is 8.82. The number of sulfonamides is 1. The third-order valence-corrected chi connectivity index (χ3v) is 6.17.